The van der Waals surface area contributed by atoms with Gasteiger partial charge in [-0.15, -0.1) is 0 Å². The van der Waals surface area contributed by atoms with Crippen molar-refractivity contribution >= 4 is 5.82 Å². The first kappa shape index (κ1) is 19.9. The van der Waals surface area contributed by atoms with Gasteiger partial charge in [-0.2, -0.15) is 0 Å². The number of piperidine rings is 1. The zero-order chi connectivity index (χ0) is 19.1. The number of hydrogen-bond donors (Lipinski definition) is 1. The van der Waals surface area contributed by atoms with Gasteiger partial charge in [0, 0.05) is 12.2 Å². The molecule has 2 fully saturated rings. The molecule has 0 radical (unpaired) electrons. The number of aromatic nitrogens is 1. The first-order valence-electron chi connectivity index (χ1n) is 10.6. The lowest BCUT2D eigenvalue weighted by Gasteiger charge is -2.39. The van der Waals surface area contributed by atoms with Crippen LogP contribution in [-0.4, -0.2) is 29.0 Å². The lowest BCUT2D eigenvalue weighted by atomic mass is 9.78. The van der Waals surface area contributed by atoms with Gasteiger partial charge in [0.1, 0.15) is 5.82 Å². The molecule has 146 valence electrons. The van der Waals surface area contributed by atoms with Crippen molar-refractivity contribution in [2.75, 3.05) is 18.8 Å². The van der Waals surface area contributed by atoms with E-state index in [0.29, 0.717) is 5.82 Å². The predicted molar refractivity (Wildman–Crippen MR) is 115 cm³/mol. The maximum absolute atomic E-state index is 5.25. The van der Waals surface area contributed by atoms with Crippen LogP contribution in [0, 0.1) is 13.8 Å². The minimum Gasteiger partial charge on any atom is -0.384 e. The van der Waals surface area contributed by atoms with Gasteiger partial charge in [-0.05, 0) is 100 Å². The van der Waals surface area contributed by atoms with Crippen LogP contribution in [-0.2, 0) is 0 Å². The molecule has 1 aliphatic carbocycles. The van der Waals surface area contributed by atoms with Crippen molar-refractivity contribution in [3.8, 4) is 0 Å². The largest absolute Gasteiger partial charge is 0.384 e. The third-order valence-corrected chi connectivity index (χ3v) is 6.24. The molecule has 2 N–H and O–H groups in total. The Labute approximate surface area is 165 Å². The quantitative estimate of drug-likeness (QED) is 0.766. The molecular formula is C24H35N3. The molecule has 2 aromatic rings. The molecule has 0 spiro atoms. The summed E-state index contributed by atoms with van der Waals surface area (Å²) in [4.78, 5) is 6.54. The molecule has 0 atom stereocenters. The van der Waals surface area contributed by atoms with E-state index in [4.69, 9.17) is 5.73 Å². The van der Waals surface area contributed by atoms with Crippen LogP contribution in [0.15, 0.2) is 42.6 Å². The van der Waals surface area contributed by atoms with E-state index in [0.717, 1.165) is 12.0 Å². The first-order valence-corrected chi connectivity index (χ1v) is 10.6. The van der Waals surface area contributed by atoms with Gasteiger partial charge in [0.25, 0.3) is 0 Å². The molecule has 1 saturated carbocycles. The molecule has 4 rings (SSSR count). The Morgan fingerprint density at radius 2 is 1.52 bits per heavy atom. The summed E-state index contributed by atoms with van der Waals surface area (Å²) in [5.41, 5.74) is 9.92. The van der Waals surface area contributed by atoms with Gasteiger partial charge < -0.3 is 10.6 Å². The zero-order valence-corrected chi connectivity index (χ0v) is 17.0. The van der Waals surface area contributed by atoms with Crippen LogP contribution in [0.25, 0.3) is 0 Å². The van der Waals surface area contributed by atoms with E-state index < -0.39 is 0 Å². The Kier molecular flexibility index (Phi) is 7.28. The minimum atomic E-state index is 0.572. The van der Waals surface area contributed by atoms with Gasteiger partial charge >= 0.3 is 0 Å². The smallest absolute Gasteiger partial charge is 0.123 e. The van der Waals surface area contributed by atoms with Crippen LogP contribution in [0.3, 0.4) is 0 Å². The molecule has 3 heteroatoms. The number of nitrogens with zero attached hydrogens (tertiary/aromatic N) is 2. The molecule has 1 aromatic heterocycles. The van der Waals surface area contributed by atoms with Crippen LogP contribution < -0.4 is 5.73 Å². The minimum absolute atomic E-state index is 0.572. The predicted octanol–water partition coefficient (Wildman–Crippen LogP) is 5.48. The second-order valence-corrected chi connectivity index (χ2v) is 8.16. The number of benzene rings is 1. The lowest BCUT2D eigenvalue weighted by Crippen LogP contribution is -2.41. The van der Waals surface area contributed by atoms with Crippen LogP contribution in [0.5, 0.6) is 0 Å². The Morgan fingerprint density at radius 3 is 2.04 bits per heavy atom. The highest BCUT2D eigenvalue weighted by Gasteiger charge is 2.28. The third-order valence-electron chi connectivity index (χ3n) is 6.24. The third kappa shape index (κ3) is 5.55. The molecule has 2 aliphatic rings. The Balaban J connectivity index is 0.000000253. The summed E-state index contributed by atoms with van der Waals surface area (Å²) in [6, 6.07) is 13.1. The van der Waals surface area contributed by atoms with Crippen molar-refractivity contribution in [3.05, 3.63) is 59.3 Å². The number of hydrogen-bond acceptors (Lipinski definition) is 3. The molecule has 1 aromatic carbocycles. The first-order chi connectivity index (χ1) is 13.1. The SMILES string of the molecule is Cc1cccc(C)c1C1CCC(N2CCCCC2)CC1.Nc1ccccn1. The maximum Gasteiger partial charge on any atom is 0.123 e. The topological polar surface area (TPSA) is 42.1 Å². The summed E-state index contributed by atoms with van der Waals surface area (Å²) in [6.45, 7) is 7.30. The average Bonchev–Trinajstić information content (AvgIpc) is 2.70. The number of anilines is 1. The van der Waals surface area contributed by atoms with E-state index in [9.17, 15) is 0 Å². The molecule has 2 heterocycles. The fraction of sp³-hybridized carbons (Fsp3) is 0.542. The van der Waals surface area contributed by atoms with E-state index in [1.54, 1.807) is 17.8 Å². The molecule has 0 bridgehead atoms. The zero-order valence-electron chi connectivity index (χ0n) is 17.0. The van der Waals surface area contributed by atoms with Crippen molar-refractivity contribution < 1.29 is 0 Å². The lowest BCUT2D eigenvalue weighted by molar-refractivity contribution is 0.125. The number of aryl methyl sites for hydroxylation is 2. The van der Waals surface area contributed by atoms with E-state index in [1.165, 1.54) is 69.2 Å². The highest BCUT2D eigenvalue weighted by atomic mass is 15.2. The summed E-state index contributed by atoms with van der Waals surface area (Å²) in [6.07, 6.45) is 11.6. The van der Waals surface area contributed by atoms with Crippen LogP contribution >= 0.6 is 0 Å². The normalized spacial score (nSPS) is 23.3. The monoisotopic (exact) mass is 365 g/mol. The van der Waals surface area contributed by atoms with Crippen molar-refractivity contribution in [2.24, 2.45) is 0 Å². The molecule has 0 unspecified atom stereocenters. The number of nitrogens with two attached hydrogens (primary N) is 1. The Bertz CT molecular complexity index is 664. The van der Waals surface area contributed by atoms with Crippen molar-refractivity contribution in [1.82, 2.24) is 9.88 Å². The average molecular weight is 366 g/mol. The van der Waals surface area contributed by atoms with Crippen LogP contribution in [0.2, 0.25) is 0 Å². The summed E-state index contributed by atoms with van der Waals surface area (Å²) in [5.74, 6) is 1.39. The van der Waals surface area contributed by atoms with Crippen molar-refractivity contribution in [2.45, 2.75) is 70.8 Å². The number of likely N-dealkylation sites (tertiary alicyclic amines) is 1. The fourth-order valence-electron chi connectivity index (χ4n) is 4.86. The summed E-state index contributed by atoms with van der Waals surface area (Å²) in [7, 11) is 0. The molecule has 1 aliphatic heterocycles. The molecule has 1 saturated heterocycles. The van der Waals surface area contributed by atoms with Crippen LogP contribution in [0.1, 0.15) is 67.6 Å². The van der Waals surface area contributed by atoms with E-state index >= 15 is 0 Å². The van der Waals surface area contributed by atoms with Crippen molar-refractivity contribution in [3.63, 3.8) is 0 Å². The van der Waals surface area contributed by atoms with Gasteiger partial charge in [-0.25, -0.2) is 4.98 Å². The van der Waals surface area contributed by atoms with Gasteiger partial charge in [-0.3, -0.25) is 0 Å². The molecule has 27 heavy (non-hydrogen) atoms. The molecule has 0 amide bonds. The summed E-state index contributed by atoms with van der Waals surface area (Å²) >= 11 is 0. The maximum atomic E-state index is 5.25. The number of pyridine rings is 1. The van der Waals surface area contributed by atoms with Crippen molar-refractivity contribution in [1.29, 1.82) is 0 Å². The fourth-order valence-corrected chi connectivity index (χ4v) is 4.86. The Hall–Kier alpha value is -1.87. The highest BCUT2D eigenvalue weighted by Crippen LogP contribution is 2.38. The summed E-state index contributed by atoms with van der Waals surface area (Å²) < 4.78 is 0. The van der Waals surface area contributed by atoms with Gasteiger partial charge in [-0.1, -0.05) is 30.7 Å². The van der Waals surface area contributed by atoms with E-state index in [1.807, 2.05) is 12.1 Å². The number of rotatable bonds is 2. The molecular weight excluding hydrogens is 330 g/mol. The number of nitrogen functional groups attached to an aromatic ring is 1. The van der Waals surface area contributed by atoms with Crippen LogP contribution in [0.4, 0.5) is 5.82 Å². The van der Waals surface area contributed by atoms with Gasteiger partial charge in [0.15, 0.2) is 0 Å². The second kappa shape index (κ2) is 9.89. The highest BCUT2D eigenvalue weighted by molar-refractivity contribution is 5.36. The second-order valence-electron chi connectivity index (χ2n) is 8.16. The van der Waals surface area contributed by atoms with E-state index in [2.05, 4.69) is 41.9 Å². The van der Waals surface area contributed by atoms with Gasteiger partial charge in [0.05, 0.1) is 0 Å². The Morgan fingerprint density at radius 1 is 0.852 bits per heavy atom. The molecule has 3 nitrogen and oxygen atoms in total. The standard InChI is InChI=1S/C19H29N.C5H6N2/c1-15-7-6-8-16(2)19(15)17-9-11-18(12-10-17)20-13-4-3-5-14-20;6-5-3-1-2-4-7-5/h6-8,17-18H,3-5,9-14H2,1-2H3;1-4H,(H2,6,7). The van der Waals surface area contributed by atoms with Gasteiger partial charge in [0.2, 0.25) is 0 Å². The van der Waals surface area contributed by atoms with E-state index in [-0.39, 0.29) is 0 Å². The summed E-state index contributed by atoms with van der Waals surface area (Å²) in [5, 5.41) is 0.